The molecule has 0 fully saturated rings. The van der Waals surface area contributed by atoms with Crippen molar-refractivity contribution in [3.05, 3.63) is 22.3 Å². The predicted octanol–water partition coefficient (Wildman–Crippen LogP) is 2.03. The van der Waals surface area contributed by atoms with Crippen LogP contribution in [0.1, 0.15) is 17.3 Å². The molecule has 0 amide bonds. The van der Waals surface area contributed by atoms with Crippen molar-refractivity contribution in [2.45, 2.75) is 6.92 Å². The number of carbonyl (C=O) groups excluding carboxylic acids is 1. The summed E-state index contributed by atoms with van der Waals surface area (Å²) >= 11 is 3.21. The summed E-state index contributed by atoms with van der Waals surface area (Å²) < 4.78 is 10.3. The Kier molecular flexibility index (Phi) is 3.88. The minimum Gasteiger partial charge on any atom is -0.481 e. The Balaban J connectivity index is 2.99. The second-order valence-electron chi connectivity index (χ2n) is 2.43. The molecule has 5 heteroatoms. The van der Waals surface area contributed by atoms with Gasteiger partial charge in [0.1, 0.15) is 0 Å². The van der Waals surface area contributed by atoms with Crippen LogP contribution in [0.25, 0.3) is 0 Å². The van der Waals surface area contributed by atoms with Crippen LogP contribution in [0.2, 0.25) is 0 Å². The van der Waals surface area contributed by atoms with Crippen molar-refractivity contribution < 1.29 is 14.3 Å². The lowest BCUT2D eigenvalue weighted by Gasteiger charge is -2.05. The molecule has 0 unspecified atom stereocenters. The summed E-state index contributed by atoms with van der Waals surface area (Å²) in [6.07, 6.45) is 1.51. The van der Waals surface area contributed by atoms with Gasteiger partial charge in [-0.1, -0.05) is 0 Å². The Bertz CT molecular complexity index is 341. The molecule has 76 valence electrons. The third-order valence-corrected chi connectivity index (χ3v) is 2.17. The van der Waals surface area contributed by atoms with Gasteiger partial charge in [0, 0.05) is 12.3 Å². The molecule has 0 atom stereocenters. The average molecular weight is 260 g/mol. The van der Waals surface area contributed by atoms with E-state index in [1.807, 2.05) is 0 Å². The van der Waals surface area contributed by atoms with Crippen LogP contribution in [0.15, 0.2) is 16.7 Å². The first-order valence-electron chi connectivity index (χ1n) is 4.05. The van der Waals surface area contributed by atoms with Gasteiger partial charge in [-0.05, 0) is 22.9 Å². The molecular formula is C9H10BrNO3. The summed E-state index contributed by atoms with van der Waals surface area (Å²) in [6, 6.07) is 1.53. The standard InChI is InChI=1S/C9H10BrNO3/c1-3-14-9(12)6-4-8(13-2)11-5-7(6)10/h4-5H,3H2,1-2H3. The van der Waals surface area contributed by atoms with E-state index in [0.29, 0.717) is 22.5 Å². The summed E-state index contributed by atoms with van der Waals surface area (Å²) in [5.74, 6) is -0.00340. The highest BCUT2D eigenvalue weighted by atomic mass is 79.9. The van der Waals surface area contributed by atoms with Gasteiger partial charge in [0.2, 0.25) is 5.88 Å². The minimum absolute atomic E-state index is 0.343. The molecule has 0 aromatic carbocycles. The summed E-state index contributed by atoms with van der Waals surface area (Å²) in [6.45, 7) is 2.10. The van der Waals surface area contributed by atoms with Gasteiger partial charge in [0.15, 0.2) is 0 Å². The van der Waals surface area contributed by atoms with E-state index >= 15 is 0 Å². The number of esters is 1. The SMILES string of the molecule is CCOC(=O)c1cc(OC)ncc1Br. The molecule has 4 nitrogen and oxygen atoms in total. The molecule has 1 heterocycles. The Labute approximate surface area is 90.4 Å². The van der Waals surface area contributed by atoms with Crippen LogP contribution in [0.4, 0.5) is 0 Å². The topological polar surface area (TPSA) is 48.4 Å². The van der Waals surface area contributed by atoms with Crippen molar-refractivity contribution >= 4 is 21.9 Å². The molecular weight excluding hydrogens is 250 g/mol. The Morgan fingerprint density at radius 1 is 1.64 bits per heavy atom. The van der Waals surface area contributed by atoms with Crippen LogP contribution < -0.4 is 4.74 Å². The normalized spacial score (nSPS) is 9.64. The first kappa shape index (κ1) is 11.0. The maximum atomic E-state index is 11.4. The smallest absolute Gasteiger partial charge is 0.339 e. The highest BCUT2D eigenvalue weighted by Crippen LogP contribution is 2.20. The van der Waals surface area contributed by atoms with Crippen LogP contribution in [0.3, 0.4) is 0 Å². The van der Waals surface area contributed by atoms with Gasteiger partial charge < -0.3 is 9.47 Å². The van der Waals surface area contributed by atoms with E-state index in [-0.39, 0.29) is 5.97 Å². The predicted molar refractivity (Wildman–Crippen MR) is 54.4 cm³/mol. The van der Waals surface area contributed by atoms with Gasteiger partial charge in [-0.15, -0.1) is 0 Å². The van der Waals surface area contributed by atoms with Crippen molar-refractivity contribution in [3.8, 4) is 5.88 Å². The van der Waals surface area contributed by atoms with Gasteiger partial charge in [-0.25, -0.2) is 9.78 Å². The Hall–Kier alpha value is -1.10. The second-order valence-corrected chi connectivity index (χ2v) is 3.28. The van der Waals surface area contributed by atoms with E-state index in [4.69, 9.17) is 9.47 Å². The number of hydrogen-bond donors (Lipinski definition) is 0. The first-order valence-corrected chi connectivity index (χ1v) is 4.85. The second kappa shape index (κ2) is 4.95. The number of hydrogen-bond acceptors (Lipinski definition) is 4. The maximum absolute atomic E-state index is 11.4. The molecule has 0 spiro atoms. The zero-order valence-corrected chi connectivity index (χ0v) is 9.50. The fourth-order valence-corrected chi connectivity index (χ4v) is 1.28. The fraction of sp³-hybridized carbons (Fsp3) is 0.333. The zero-order chi connectivity index (χ0) is 10.6. The molecule has 0 N–H and O–H groups in total. The summed E-state index contributed by atoms with van der Waals surface area (Å²) in [5.41, 5.74) is 0.415. The lowest BCUT2D eigenvalue weighted by molar-refractivity contribution is 0.0524. The highest BCUT2D eigenvalue weighted by molar-refractivity contribution is 9.10. The van der Waals surface area contributed by atoms with Crippen LogP contribution >= 0.6 is 15.9 Å². The van der Waals surface area contributed by atoms with Crippen LogP contribution in [-0.2, 0) is 4.74 Å². The molecule has 0 aliphatic heterocycles. The molecule has 0 radical (unpaired) electrons. The molecule has 0 aliphatic carbocycles. The lowest BCUT2D eigenvalue weighted by atomic mass is 10.3. The van der Waals surface area contributed by atoms with Gasteiger partial charge in [-0.3, -0.25) is 0 Å². The van der Waals surface area contributed by atoms with Crippen LogP contribution in [-0.4, -0.2) is 24.7 Å². The number of halogens is 1. The quantitative estimate of drug-likeness (QED) is 0.780. The van der Waals surface area contributed by atoms with Crippen molar-refractivity contribution in [3.63, 3.8) is 0 Å². The van der Waals surface area contributed by atoms with E-state index in [1.165, 1.54) is 19.4 Å². The van der Waals surface area contributed by atoms with Crippen molar-refractivity contribution in [1.82, 2.24) is 4.98 Å². The number of methoxy groups -OCH3 is 1. The maximum Gasteiger partial charge on any atom is 0.339 e. The zero-order valence-electron chi connectivity index (χ0n) is 7.91. The number of nitrogens with zero attached hydrogens (tertiary/aromatic N) is 1. The van der Waals surface area contributed by atoms with Crippen LogP contribution in [0.5, 0.6) is 5.88 Å². The van der Waals surface area contributed by atoms with Crippen molar-refractivity contribution in [2.75, 3.05) is 13.7 Å². The Morgan fingerprint density at radius 2 is 2.36 bits per heavy atom. The van der Waals surface area contributed by atoms with Crippen molar-refractivity contribution in [2.24, 2.45) is 0 Å². The number of aromatic nitrogens is 1. The summed E-state index contributed by atoms with van der Waals surface area (Å²) in [5, 5.41) is 0. The highest BCUT2D eigenvalue weighted by Gasteiger charge is 2.12. The summed E-state index contributed by atoms with van der Waals surface area (Å²) in [4.78, 5) is 15.3. The van der Waals surface area contributed by atoms with Crippen LogP contribution in [0, 0.1) is 0 Å². The number of rotatable bonds is 3. The molecule has 0 bridgehead atoms. The fourth-order valence-electron chi connectivity index (χ4n) is 0.896. The average Bonchev–Trinajstić information content (AvgIpc) is 2.19. The molecule has 1 rings (SSSR count). The molecule has 14 heavy (non-hydrogen) atoms. The third kappa shape index (κ3) is 2.45. The van der Waals surface area contributed by atoms with Gasteiger partial charge >= 0.3 is 5.97 Å². The molecule has 0 saturated carbocycles. The van der Waals surface area contributed by atoms with E-state index in [9.17, 15) is 4.79 Å². The van der Waals surface area contributed by atoms with E-state index in [0.717, 1.165) is 0 Å². The molecule has 0 aliphatic rings. The third-order valence-electron chi connectivity index (χ3n) is 1.53. The molecule has 1 aromatic heterocycles. The number of pyridine rings is 1. The van der Waals surface area contributed by atoms with Gasteiger partial charge in [-0.2, -0.15) is 0 Å². The lowest BCUT2D eigenvalue weighted by Crippen LogP contribution is -2.06. The largest absolute Gasteiger partial charge is 0.481 e. The monoisotopic (exact) mass is 259 g/mol. The summed E-state index contributed by atoms with van der Waals surface area (Å²) in [7, 11) is 1.49. The van der Waals surface area contributed by atoms with Gasteiger partial charge in [0.25, 0.3) is 0 Å². The van der Waals surface area contributed by atoms with E-state index < -0.39 is 0 Å². The Morgan fingerprint density at radius 3 is 2.93 bits per heavy atom. The first-order chi connectivity index (χ1) is 6.69. The van der Waals surface area contributed by atoms with E-state index in [2.05, 4.69) is 20.9 Å². The number of ether oxygens (including phenoxy) is 2. The van der Waals surface area contributed by atoms with E-state index in [1.54, 1.807) is 6.92 Å². The van der Waals surface area contributed by atoms with Crippen molar-refractivity contribution in [1.29, 1.82) is 0 Å². The number of carbonyl (C=O) groups is 1. The minimum atomic E-state index is -0.389. The molecule has 0 saturated heterocycles. The molecule has 1 aromatic rings. The van der Waals surface area contributed by atoms with Gasteiger partial charge in [0.05, 0.1) is 23.8 Å².